The van der Waals surface area contributed by atoms with E-state index >= 15 is 0 Å². The first-order valence-corrected chi connectivity index (χ1v) is 11.2. The van der Waals surface area contributed by atoms with Crippen LogP contribution in [-0.2, 0) is 13.1 Å². The number of hydrogen-bond acceptors (Lipinski definition) is 7. The predicted molar refractivity (Wildman–Crippen MR) is 124 cm³/mol. The van der Waals surface area contributed by atoms with Crippen molar-refractivity contribution in [2.24, 2.45) is 0 Å². The minimum Gasteiger partial charge on any atom is -0.442 e. The zero-order chi connectivity index (χ0) is 23.6. The summed E-state index contributed by atoms with van der Waals surface area (Å²) in [6, 6.07) is 6.06. The van der Waals surface area contributed by atoms with Gasteiger partial charge in [0.1, 0.15) is 23.7 Å². The summed E-state index contributed by atoms with van der Waals surface area (Å²) in [7, 11) is 2.00. The zero-order valence-electron chi connectivity index (χ0n) is 19.2. The molecule has 1 fully saturated rings. The van der Waals surface area contributed by atoms with E-state index in [1.165, 1.54) is 18.5 Å². The minimum atomic E-state index is -0.311. The van der Waals surface area contributed by atoms with Crippen LogP contribution in [0.4, 0.5) is 10.2 Å². The van der Waals surface area contributed by atoms with Crippen molar-refractivity contribution in [2.75, 3.05) is 11.9 Å². The Balaban J connectivity index is 1.34. The van der Waals surface area contributed by atoms with Gasteiger partial charge >= 0.3 is 0 Å². The highest BCUT2D eigenvalue weighted by molar-refractivity contribution is 6.10. The number of halogens is 1. The van der Waals surface area contributed by atoms with E-state index in [9.17, 15) is 9.18 Å². The summed E-state index contributed by atoms with van der Waals surface area (Å²) in [5.74, 6) is 1.27. The van der Waals surface area contributed by atoms with E-state index in [0.717, 1.165) is 29.7 Å². The zero-order valence-corrected chi connectivity index (χ0v) is 19.2. The summed E-state index contributed by atoms with van der Waals surface area (Å²) in [4.78, 5) is 35.5. The Labute approximate surface area is 195 Å². The second-order valence-corrected chi connectivity index (χ2v) is 9.30. The first-order valence-electron chi connectivity index (χ1n) is 11.2. The number of anilines is 1. The Kier molecular flexibility index (Phi) is 4.45. The van der Waals surface area contributed by atoms with Gasteiger partial charge in [-0.2, -0.15) is 0 Å². The smallest absolute Gasteiger partial charge is 0.258 e. The Hall–Kier alpha value is -3.88. The fourth-order valence-corrected chi connectivity index (χ4v) is 4.51. The normalized spacial score (nSPS) is 16.1. The molecule has 2 aliphatic rings. The van der Waals surface area contributed by atoms with E-state index < -0.39 is 0 Å². The molecule has 1 aliphatic carbocycles. The lowest BCUT2D eigenvalue weighted by Gasteiger charge is -2.26. The molecule has 0 saturated heterocycles. The largest absolute Gasteiger partial charge is 0.442 e. The van der Waals surface area contributed by atoms with Gasteiger partial charge in [0.15, 0.2) is 5.82 Å². The van der Waals surface area contributed by atoms with Crippen LogP contribution in [0.25, 0.3) is 22.5 Å². The minimum absolute atomic E-state index is 0.0308. The van der Waals surface area contributed by atoms with Crippen LogP contribution in [0.1, 0.15) is 47.1 Å². The number of benzene rings is 1. The first-order chi connectivity index (χ1) is 16.3. The van der Waals surface area contributed by atoms with Gasteiger partial charge in [-0.3, -0.25) is 4.79 Å². The fourth-order valence-electron chi connectivity index (χ4n) is 4.51. The van der Waals surface area contributed by atoms with E-state index in [1.54, 1.807) is 30.2 Å². The summed E-state index contributed by atoms with van der Waals surface area (Å²) >= 11 is 0. The molecule has 6 rings (SSSR count). The van der Waals surface area contributed by atoms with Crippen LogP contribution in [-0.4, -0.2) is 43.3 Å². The van der Waals surface area contributed by atoms with Crippen molar-refractivity contribution in [1.29, 1.82) is 0 Å². The molecule has 9 heteroatoms. The van der Waals surface area contributed by atoms with E-state index in [0.29, 0.717) is 47.2 Å². The third kappa shape index (κ3) is 3.22. The third-order valence-corrected chi connectivity index (χ3v) is 7.00. The Morgan fingerprint density at radius 3 is 2.65 bits per heavy atom. The lowest BCUT2D eigenvalue weighted by atomic mass is 10.1. The summed E-state index contributed by atoms with van der Waals surface area (Å²) in [5.41, 5.74) is 3.33. The topological polar surface area (TPSA) is 88.3 Å². The van der Waals surface area contributed by atoms with Gasteiger partial charge in [-0.15, -0.1) is 0 Å². The van der Waals surface area contributed by atoms with Crippen molar-refractivity contribution in [3.63, 3.8) is 0 Å². The molecule has 0 N–H and O–H groups in total. The number of nitrogens with zero attached hydrogens (tertiary/aromatic N) is 6. The molecule has 1 saturated carbocycles. The number of hydrogen-bond donors (Lipinski definition) is 0. The number of rotatable bonds is 4. The lowest BCUT2D eigenvalue weighted by molar-refractivity contribution is 0.0750. The molecule has 0 atom stereocenters. The average Bonchev–Trinajstić information content (AvgIpc) is 3.29. The molecule has 4 heterocycles. The molecule has 8 nitrogen and oxygen atoms in total. The monoisotopic (exact) mass is 458 g/mol. The average molecular weight is 458 g/mol. The van der Waals surface area contributed by atoms with Gasteiger partial charge in [0.05, 0.1) is 23.2 Å². The number of furan rings is 1. The molecule has 1 aliphatic heterocycles. The van der Waals surface area contributed by atoms with Crippen LogP contribution in [0.2, 0.25) is 0 Å². The lowest BCUT2D eigenvalue weighted by Crippen LogP contribution is -2.32. The quantitative estimate of drug-likeness (QED) is 0.451. The molecule has 0 spiro atoms. The van der Waals surface area contributed by atoms with Crippen molar-refractivity contribution in [2.45, 2.75) is 45.3 Å². The SMILES string of the molecule is Cc1oc2ncnc(N(C)C3(C)CC3)c2c1C(=O)N1Cc2cnc(-c3ccc(F)cc3)nc2C1. The Morgan fingerprint density at radius 2 is 1.91 bits per heavy atom. The van der Waals surface area contributed by atoms with Crippen molar-refractivity contribution < 1.29 is 13.6 Å². The van der Waals surface area contributed by atoms with Crippen molar-refractivity contribution in [3.05, 3.63) is 65.2 Å². The van der Waals surface area contributed by atoms with Gasteiger partial charge in [0.2, 0.25) is 5.71 Å². The maximum Gasteiger partial charge on any atom is 0.258 e. The highest BCUT2D eigenvalue weighted by Crippen LogP contribution is 2.44. The summed E-state index contributed by atoms with van der Waals surface area (Å²) in [6.07, 6.45) is 5.37. The molecule has 0 radical (unpaired) electrons. The number of carbonyl (C=O) groups is 1. The van der Waals surface area contributed by atoms with E-state index in [4.69, 9.17) is 4.42 Å². The number of carbonyl (C=O) groups excluding carboxylic acids is 1. The molecular formula is C25H23FN6O2. The molecule has 3 aromatic heterocycles. The van der Waals surface area contributed by atoms with Crippen LogP contribution in [0, 0.1) is 12.7 Å². The summed E-state index contributed by atoms with van der Waals surface area (Å²) in [5, 5.41) is 0.648. The molecule has 4 aromatic rings. The van der Waals surface area contributed by atoms with E-state index in [-0.39, 0.29) is 17.3 Å². The predicted octanol–water partition coefficient (Wildman–Crippen LogP) is 4.27. The van der Waals surface area contributed by atoms with Crippen LogP contribution in [0.5, 0.6) is 0 Å². The molecule has 172 valence electrons. The first kappa shape index (κ1) is 20.7. The van der Waals surface area contributed by atoms with Gasteiger partial charge < -0.3 is 14.2 Å². The Bertz CT molecular complexity index is 1440. The van der Waals surface area contributed by atoms with Crippen LogP contribution >= 0.6 is 0 Å². The molecule has 0 bridgehead atoms. The molecule has 34 heavy (non-hydrogen) atoms. The van der Waals surface area contributed by atoms with Crippen LogP contribution in [0.3, 0.4) is 0 Å². The summed E-state index contributed by atoms with van der Waals surface area (Å²) < 4.78 is 19.2. The molecule has 1 aromatic carbocycles. The molecule has 0 unspecified atom stereocenters. The van der Waals surface area contributed by atoms with E-state index in [2.05, 4.69) is 31.8 Å². The van der Waals surface area contributed by atoms with Gasteiger partial charge in [0.25, 0.3) is 5.91 Å². The van der Waals surface area contributed by atoms with Gasteiger partial charge in [-0.1, -0.05) is 0 Å². The standard InChI is InChI=1S/C25H23FN6O2/c1-14-19(20-22(28-13-29-23(20)34-14)31(3)25(2)8-9-25)24(33)32-11-16-10-27-21(30-18(16)12-32)15-4-6-17(26)7-5-15/h4-7,10,13H,8-9,11-12H2,1-3H3. The van der Waals surface area contributed by atoms with Gasteiger partial charge in [-0.25, -0.2) is 24.3 Å². The highest BCUT2D eigenvalue weighted by Gasteiger charge is 2.43. The number of amides is 1. The maximum atomic E-state index is 13.7. The summed E-state index contributed by atoms with van der Waals surface area (Å²) in [6.45, 7) is 4.73. The number of aromatic nitrogens is 4. The number of fused-ring (bicyclic) bond motifs is 2. The Morgan fingerprint density at radius 1 is 1.15 bits per heavy atom. The van der Waals surface area contributed by atoms with Crippen molar-refractivity contribution >= 4 is 22.8 Å². The van der Waals surface area contributed by atoms with Crippen LogP contribution in [0.15, 0.2) is 41.2 Å². The molecular weight excluding hydrogens is 435 g/mol. The molecule has 1 amide bonds. The van der Waals surface area contributed by atoms with Crippen LogP contribution < -0.4 is 4.90 Å². The number of aryl methyl sites for hydroxylation is 1. The second-order valence-electron chi connectivity index (χ2n) is 9.30. The van der Waals surface area contributed by atoms with E-state index in [1.807, 2.05) is 7.05 Å². The van der Waals surface area contributed by atoms with Crippen molar-refractivity contribution in [3.8, 4) is 11.4 Å². The second kappa shape index (κ2) is 7.31. The highest BCUT2D eigenvalue weighted by atomic mass is 19.1. The third-order valence-electron chi connectivity index (χ3n) is 7.00. The van der Waals surface area contributed by atoms with Gasteiger partial charge in [-0.05, 0) is 51.0 Å². The maximum absolute atomic E-state index is 13.7. The van der Waals surface area contributed by atoms with Gasteiger partial charge in [0, 0.05) is 36.5 Å². The van der Waals surface area contributed by atoms with Crippen molar-refractivity contribution in [1.82, 2.24) is 24.8 Å². The fraction of sp³-hybridized carbons (Fsp3) is 0.320.